The van der Waals surface area contributed by atoms with Crippen LogP contribution in [0.1, 0.15) is 11.1 Å². The molecular weight excluding hydrogens is 242 g/mol. The second kappa shape index (κ2) is 4.03. The monoisotopic (exact) mass is 253 g/mol. The van der Waals surface area contributed by atoms with Crippen LogP contribution in [-0.2, 0) is 13.1 Å². The van der Waals surface area contributed by atoms with Crippen molar-refractivity contribution in [3.8, 4) is 23.1 Å². The van der Waals surface area contributed by atoms with Gasteiger partial charge in [0.15, 0.2) is 5.82 Å². The number of imidazole rings is 1. The van der Waals surface area contributed by atoms with Crippen LogP contribution in [0.15, 0.2) is 35.1 Å². The van der Waals surface area contributed by atoms with Gasteiger partial charge in [-0.05, 0) is 23.3 Å². The number of aromatic nitrogens is 4. The molecule has 19 heavy (non-hydrogen) atoms. The van der Waals surface area contributed by atoms with Gasteiger partial charge in [0.1, 0.15) is 0 Å². The van der Waals surface area contributed by atoms with Crippen molar-refractivity contribution in [3.05, 3.63) is 41.7 Å². The van der Waals surface area contributed by atoms with Crippen LogP contribution in [-0.4, -0.2) is 20.1 Å². The minimum atomic E-state index is 0.471. The topological polar surface area (TPSA) is 79.6 Å². The molecule has 1 aliphatic rings. The van der Waals surface area contributed by atoms with E-state index in [2.05, 4.69) is 37.6 Å². The minimum absolute atomic E-state index is 0.471. The highest BCUT2D eigenvalue weighted by molar-refractivity contribution is 5.58. The van der Waals surface area contributed by atoms with Crippen LogP contribution >= 0.6 is 0 Å². The molecule has 0 unspecified atom stereocenters. The maximum atomic E-state index is 5.29. The Bertz CT molecular complexity index is 716. The average molecular weight is 253 g/mol. The quantitative estimate of drug-likeness (QED) is 0.727. The van der Waals surface area contributed by atoms with Gasteiger partial charge in [0.25, 0.3) is 5.89 Å². The number of nitrogens with one attached hydrogen (secondary N) is 2. The third kappa shape index (κ3) is 1.73. The Kier molecular flexibility index (Phi) is 2.22. The lowest BCUT2D eigenvalue weighted by molar-refractivity contribution is 0.432. The third-order valence-corrected chi connectivity index (χ3v) is 3.22. The molecule has 0 spiro atoms. The molecule has 0 amide bonds. The van der Waals surface area contributed by atoms with E-state index in [9.17, 15) is 0 Å². The number of H-pyrrole nitrogens is 1. The van der Waals surface area contributed by atoms with E-state index in [1.165, 1.54) is 11.1 Å². The molecule has 6 nitrogen and oxygen atoms in total. The Balaban J connectivity index is 1.73. The predicted octanol–water partition coefficient (Wildman–Crippen LogP) is 1.73. The third-order valence-electron chi connectivity index (χ3n) is 3.22. The summed E-state index contributed by atoms with van der Waals surface area (Å²) in [7, 11) is 0. The summed E-state index contributed by atoms with van der Waals surface area (Å²) >= 11 is 0. The van der Waals surface area contributed by atoms with Gasteiger partial charge in [-0.2, -0.15) is 4.98 Å². The summed E-state index contributed by atoms with van der Waals surface area (Å²) < 4.78 is 5.29. The van der Waals surface area contributed by atoms with Crippen LogP contribution in [0.5, 0.6) is 0 Å². The maximum Gasteiger partial charge on any atom is 0.258 e. The van der Waals surface area contributed by atoms with Gasteiger partial charge in [-0.15, -0.1) is 0 Å². The van der Waals surface area contributed by atoms with Crippen molar-refractivity contribution < 1.29 is 4.52 Å². The Morgan fingerprint density at radius 3 is 3.00 bits per heavy atom. The number of aromatic amines is 1. The Morgan fingerprint density at radius 2 is 2.11 bits per heavy atom. The molecule has 4 rings (SSSR count). The molecule has 94 valence electrons. The first-order valence-electron chi connectivity index (χ1n) is 6.06. The van der Waals surface area contributed by atoms with Crippen LogP contribution in [0, 0.1) is 0 Å². The van der Waals surface area contributed by atoms with E-state index in [1.54, 1.807) is 12.4 Å². The number of nitrogens with zero attached hydrogens (tertiary/aromatic N) is 3. The first kappa shape index (κ1) is 10.5. The van der Waals surface area contributed by atoms with Crippen LogP contribution in [0.3, 0.4) is 0 Å². The van der Waals surface area contributed by atoms with E-state index in [0.717, 1.165) is 18.7 Å². The van der Waals surface area contributed by atoms with Gasteiger partial charge in [-0.25, -0.2) is 4.98 Å². The molecule has 2 aromatic heterocycles. The normalized spacial score (nSPS) is 13.7. The molecular formula is C13H11N5O. The Hall–Kier alpha value is -2.47. The van der Waals surface area contributed by atoms with Crippen molar-refractivity contribution in [3.63, 3.8) is 0 Å². The lowest BCUT2D eigenvalue weighted by Gasteiger charge is -1.99. The number of hydrogen-bond donors (Lipinski definition) is 2. The van der Waals surface area contributed by atoms with Gasteiger partial charge in [-0.1, -0.05) is 11.2 Å². The lowest BCUT2D eigenvalue weighted by atomic mass is 10.1. The molecule has 0 fully saturated rings. The molecule has 1 aromatic carbocycles. The fraction of sp³-hybridized carbons (Fsp3) is 0.154. The van der Waals surface area contributed by atoms with E-state index in [0.29, 0.717) is 17.5 Å². The van der Waals surface area contributed by atoms with Crippen LogP contribution < -0.4 is 5.32 Å². The number of hydrogen-bond acceptors (Lipinski definition) is 5. The number of rotatable bonds is 2. The molecule has 0 radical (unpaired) electrons. The van der Waals surface area contributed by atoms with E-state index in [1.807, 2.05) is 6.07 Å². The van der Waals surface area contributed by atoms with Crippen LogP contribution in [0.25, 0.3) is 23.1 Å². The van der Waals surface area contributed by atoms with E-state index < -0.39 is 0 Å². The summed E-state index contributed by atoms with van der Waals surface area (Å²) in [6.45, 7) is 1.82. The number of benzene rings is 1. The summed E-state index contributed by atoms with van der Waals surface area (Å²) in [5.41, 5.74) is 3.55. The Morgan fingerprint density at radius 1 is 1.16 bits per heavy atom. The highest BCUT2D eigenvalue weighted by atomic mass is 16.5. The first-order chi connectivity index (χ1) is 9.40. The molecule has 3 aromatic rings. The fourth-order valence-corrected chi connectivity index (χ4v) is 2.25. The van der Waals surface area contributed by atoms with Gasteiger partial charge in [0.05, 0.1) is 0 Å². The summed E-state index contributed by atoms with van der Waals surface area (Å²) in [5.74, 6) is 1.59. The summed E-state index contributed by atoms with van der Waals surface area (Å²) in [6, 6.07) is 6.20. The van der Waals surface area contributed by atoms with Crippen LogP contribution in [0.2, 0.25) is 0 Å². The van der Waals surface area contributed by atoms with Gasteiger partial charge >= 0.3 is 0 Å². The predicted molar refractivity (Wildman–Crippen MR) is 67.9 cm³/mol. The van der Waals surface area contributed by atoms with E-state index >= 15 is 0 Å². The number of fused-ring (bicyclic) bond motifs is 1. The Labute approximate surface area is 108 Å². The van der Waals surface area contributed by atoms with Crippen molar-refractivity contribution in [1.82, 2.24) is 25.4 Å². The van der Waals surface area contributed by atoms with Crippen molar-refractivity contribution in [2.75, 3.05) is 0 Å². The van der Waals surface area contributed by atoms with Crippen LogP contribution in [0.4, 0.5) is 0 Å². The zero-order chi connectivity index (χ0) is 12.7. The molecule has 0 saturated carbocycles. The molecule has 3 heterocycles. The standard InChI is InChI=1S/C13H11N5O/c1-2-9-6-14-7-10(9)5-8(1)13-17-12(18-19-13)11-15-3-4-16-11/h1-5,14H,6-7H2,(H,15,16). The first-order valence-corrected chi connectivity index (χ1v) is 6.06. The minimum Gasteiger partial charge on any atom is -0.342 e. The van der Waals surface area contributed by atoms with Crippen molar-refractivity contribution >= 4 is 0 Å². The highest BCUT2D eigenvalue weighted by Gasteiger charge is 2.15. The van der Waals surface area contributed by atoms with Crippen molar-refractivity contribution in [2.45, 2.75) is 13.1 Å². The molecule has 6 heteroatoms. The summed E-state index contributed by atoms with van der Waals surface area (Å²) in [5, 5.41) is 7.25. The second-order valence-electron chi connectivity index (χ2n) is 4.45. The van der Waals surface area contributed by atoms with Gasteiger partial charge in [0.2, 0.25) is 5.82 Å². The fourth-order valence-electron chi connectivity index (χ4n) is 2.25. The molecule has 1 aliphatic heterocycles. The molecule has 0 bridgehead atoms. The van der Waals surface area contributed by atoms with Gasteiger partial charge < -0.3 is 14.8 Å². The van der Waals surface area contributed by atoms with Gasteiger partial charge in [-0.3, -0.25) is 0 Å². The largest absolute Gasteiger partial charge is 0.342 e. The summed E-state index contributed by atoms with van der Waals surface area (Å²) in [6.07, 6.45) is 3.39. The highest BCUT2D eigenvalue weighted by Crippen LogP contribution is 2.25. The van der Waals surface area contributed by atoms with E-state index in [4.69, 9.17) is 4.52 Å². The maximum absolute atomic E-state index is 5.29. The SMILES string of the molecule is c1c[nH]c(-c2noc(-c3ccc4c(c3)CNC4)n2)n1. The molecule has 0 atom stereocenters. The van der Waals surface area contributed by atoms with Gasteiger partial charge in [0, 0.05) is 31.0 Å². The second-order valence-corrected chi connectivity index (χ2v) is 4.45. The smallest absolute Gasteiger partial charge is 0.258 e. The molecule has 2 N–H and O–H groups in total. The van der Waals surface area contributed by atoms with E-state index in [-0.39, 0.29) is 0 Å². The molecule has 0 aliphatic carbocycles. The van der Waals surface area contributed by atoms with Crippen molar-refractivity contribution in [1.29, 1.82) is 0 Å². The lowest BCUT2D eigenvalue weighted by Crippen LogP contribution is -1.99. The molecule has 0 saturated heterocycles. The van der Waals surface area contributed by atoms with Crippen molar-refractivity contribution in [2.24, 2.45) is 0 Å². The summed E-state index contributed by atoms with van der Waals surface area (Å²) in [4.78, 5) is 11.4. The zero-order valence-corrected chi connectivity index (χ0v) is 10.1. The average Bonchev–Trinajstić information content (AvgIpc) is 3.18. The zero-order valence-electron chi connectivity index (χ0n) is 10.1.